The van der Waals surface area contributed by atoms with Gasteiger partial charge in [0, 0.05) is 11.1 Å². The van der Waals surface area contributed by atoms with E-state index in [-0.39, 0.29) is 24.4 Å². The maximum atomic E-state index is 11.6. The Morgan fingerprint density at radius 1 is 1.37 bits per heavy atom. The molecule has 0 bridgehead atoms. The average Bonchev–Trinajstić information content (AvgIpc) is 2.27. The van der Waals surface area contributed by atoms with E-state index in [1.807, 2.05) is 45.0 Å². The lowest BCUT2D eigenvalue weighted by molar-refractivity contribution is -0.118. The molecule has 106 valence electrons. The largest absolute Gasteiger partial charge is 0.346 e. The van der Waals surface area contributed by atoms with Crippen molar-refractivity contribution in [2.45, 2.75) is 39.3 Å². The molecule has 0 aliphatic heterocycles. The number of halogens is 1. The molecule has 1 amide bonds. The van der Waals surface area contributed by atoms with Gasteiger partial charge in [-0.05, 0) is 38.8 Å². The third-order valence-corrected chi connectivity index (χ3v) is 2.86. The molecule has 0 saturated heterocycles. The summed E-state index contributed by atoms with van der Waals surface area (Å²) < 4.78 is 0. The Kier molecular flexibility index (Phi) is 6.27. The highest BCUT2D eigenvalue weighted by molar-refractivity contribution is 5.92. The molecule has 0 aliphatic rings. The van der Waals surface area contributed by atoms with Gasteiger partial charge in [0.15, 0.2) is 0 Å². The zero-order chi connectivity index (χ0) is 13.9. The summed E-state index contributed by atoms with van der Waals surface area (Å²) in [5, 5.41) is 2.91. The van der Waals surface area contributed by atoms with Gasteiger partial charge >= 0.3 is 0 Å². The Balaban J connectivity index is 0.00000324. The van der Waals surface area contributed by atoms with Crippen LogP contribution < -0.4 is 11.1 Å². The highest BCUT2D eigenvalue weighted by atomic mass is 35.5. The van der Waals surface area contributed by atoms with Crippen molar-refractivity contribution < 1.29 is 4.79 Å². The van der Waals surface area contributed by atoms with Crippen LogP contribution in [0, 0.1) is 0 Å². The molecule has 3 N–H and O–H groups in total. The second-order valence-corrected chi connectivity index (χ2v) is 5.28. The van der Waals surface area contributed by atoms with E-state index in [4.69, 9.17) is 5.73 Å². The van der Waals surface area contributed by atoms with Crippen LogP contribution in [-0.2, 0) is 10.3 Å². The minimum atomic E-state index is -0.432. The van der Waals surface area contributed by atoms with Gasteiger partial charge < -0.3 is 11.1 Å². The number of amides is 1. The highest BCUT2D eigenvalue weighted by Gasteiger charge is 2.21. The number of nitrogens with two attached hydrogens (primary N) is 1. The highest BCUT2D eigenvalue weighted by Crippen LogP contribution is 2.26. The number of hydrogen-bond acceptors (Lipinski definition) is 2. The number of hydrogen-bond donors (Lipinski definition) is 2. The van der Waals surface area contributed by atoms with Crippen molar-refractivity contribution in [3.05, 3.63) is 47.5 Å². The van der Waals surface area contributed by atoms with Crippen LogP contribution in [0.15, 0.2) is 36.4 Å². The van der Waals surface area contributed by atoms with Gasteiger partial charge in [-0.15, -0.1) is 12.4 Å². The summed E-state index contributed by atoms with van der Waals surface area (Å²) in [6.07, 6.45) is 0. The van der Waals surface area contributed by atoms with Gasteiger partial charge in [0.25, 0.3) is 0 Å². The molecule has 4 heteroatoms. The van der Waals surface area contributed by atoms with Gasteiger partial charge in [0.1, 0.15) is 0 Å². The molecule has 3 nitrogen and oxygen atoms in total. The summed E-state index contributed by atoms with van der Waals surface area (Å²) in [5.74, 6) is -0.132. The Bertz CT molecular complexity index is 463. The predicted molar refractivity (Wildman–Crippen MR) is 82.3 cm³/mol. The Morgan fingerprint density at radius 2 is 1.89 bits per heavy atom. The summed E-state index contributed by atoms with van der Waals surface area (Å²) in [7, 11) is 0. The van der Waals surface area contributed by atoms with Gasteiger partial charge in [0.2, 0.25) is 5.91 Å². The summed E-state index contributed by atoms with van der Waals surface area (Å²) in [6, 6.07) is 7.81. The average molecular weight is 283 g/mol. The molecule has 0 aliphatic carbocycles. The van der Waals surface area contributed by atoms with Crippen LogP contribution in [0.4, 0.5) is 0 Å². The van der Waals surface area contributed by atoms with Gasteiger partial charge in [0.05, 0.1) is 6.04 Å². The lowest BCUT2D eigenvalue weighted by atomic mass is 9.88. The summed E-state index contributed by atoms with van der Waals surface area (Å²) in [6.45, 7) is 11.2. The number of benzene rings is 1. The van der Waals surface area contributed by atoms with Crippen LogP contribution in [0.25, 0.3) is 0 Å². The molecule has 0 radical (unpaired) electrons. The van der Waals surface area contributed by atoms with Gasteiger partial charge in [-0.2, -0.15) is 0 Å². The normalized spacial score (nSPS) is 12.3. The molecular formula is C15H23ClN2O. The van der Waals surface area contributed by atoms with Crippen molar-refractivity contribution in [2.24, 2.45) is 5.73 Å². The van der Waals surface area contributed by atoms with Crippen LogP contribution >= 0.6 is 12.4 Å². The van der Waals surface area contributed by atoms with E-state index in [1.165, 1.54) is 0 Å². The van der Waals surface area contributed by atoms with E-state index in [9.17, 15) is 4.79 Å². The first-order chi connectivity index (χ1) is 8.23. The second kappa shape index (κ2) is 6.73. The topological polar surface area (TPSA) is 55.1 Å². The van der Waals surface area contributed by atoms with Crippen molar-refractivity contribution in [3.8, 4) is 0 Å². The Labute approximate surface area is 121 Å². The Hall–Kier alpha value is -1.32. The minimum Gasteiger partial charge on any atom is -0.346 e. The molecule has 0 aromatic heterocycles. The number of carbonyl (C=O) groups is 1. The second-order valence-electron chi connectivity index (χ2n) is 5.28. The Morgan fingerprint density at radius 3 is 2.37 bits per heavy atom. The summed E-state index contributed by atoms with van der Waals surface area (Å²) in [5.41, 5.74) is 8.31. The zero-order valence-electron chi connectivity index (χ0n) is 12.0. The molecule has 0 fully saturated rings. The monoisotopic (exact) mass is 282 g/mol. The molecule has 1 aromatic carbocycles. The first-order valence-electron chi connectivity index (χ1n) is 6.08. The third-order valence-electron chi connectivity index (χ3n) is 2.86. The van der Waals surface area contributed by atoms with Gasteiger partial charge in [-0.1, -0.05) is 30.8 Å². The van der Waals surface area contributed by atoms with E-state index < -0.39 is 5.54 Å². The van der Waals surface area contributed by atoms with Crippen LogP contribution in [0.5, 0.6) is 0 Å². The van der Waals surface area contributed by atoms with Crippen LogP contribution in [0.3, 0.4) is 0 Å². The van der Waals surface area contributed by atoms with Gasteiger partial charge in [-0.3, -0.25) is 4.79 Å². The van der Waals surface area contributed by atoms with E-state index in [2.05, 4.69) is 11.9 Å². The number of rotatable bonds is 4. The lowest BCUT2D eigenvalue weighted by Crippen LogP contribution is -2.33. The fraction of sp³-hybridized carbons (Fsp3) is 0.400. The quantitative estimate of drug-likeness (QED) is 0.834. The van der Waals surface area contributed by atoms with Crippen LogP contribution in [0.1, 0.15) is 44.9 Å². The summed E-state index contributed by atoms with van der Waals surface area (Å²) in [4.78, 5) is 11.6. The van der Waals surface area contributed by atoms with E-state index in [0.29, 0.717) is 5.57 Å². The van der Waals surface area contributed by atoms with E-state index in [1.54, 1.807) is 6.92 Å². The maximum absolute atomic E-state index is 11.6. The fourth-order valence-electron chi connectivity index (χ4n) is 1.86. The minimum absolute atomic E-state index is 0. The first kappa shape index (κ1) is 17.7. The van der Waals surface area contributed by atoms with E-state index >= 15 is 0 Å². The predicted octanol–water partition coefficient (Wildman–Crippen LogP) is 3.06. The maximum Gasteiger partial charge on any atom is 0.246 e. The van der Waals surface area contributed by atoms with Crippen molar-refractivity contribution in [1.82, 2.24) is 5.32 Å². The number of nitrogens with one attached hydrogen (secondary N) is 1. The zero-order valence-corrected chi connectivity index (χ0v) is 12.8. The van der Waals surface area contributed by atoms with Crippen LogP contribution in [0.2, 0.25) is 0 Å². The molecule has 1 aromatic rings. The van der Waals surface area contributed by atoms with Crippen molar-refractivity contribution >= 4 is 18.3 Å². The summed E-state index contributed by atoms with van der Waals surface area (Å²) >= 11 is 0. The lowest BCUT2D eigenvalue weighted by Gasteiger charge is -2.26. The van der Waals surface area contributed by atoms with Crippen molar-refractivity contribution in [1.29, 1.82) is 0 Å². The fourth-order valence-corrected chi connectivity index (χ4v) is 1.86. The standard InChI is InChI=1S/C15H22N2O.ClH/c1-10(2)14(18)17-11(3)12-8-6-7-9-13(12)15(4,5)16;/h6-9,11H,1,16H2,2-5H3,(H,17,18);1H. The molecule has 19 heavy (non-hydrogen) atoms. The SMILES string of the molecule is C=C(C)C(=O)NC(C)c1ccccc1C(C)(C)N.Cl. The molecule has 0 spiro atoms. The van der Waals surface area contributed by atoms with E-state index in [0.717, 1.165) is 11.1 Å². The molecule has 1 atom stereocenters. The molecular weight excluding hydrogens is 260 g/mol. The number of carbonyl (C=O) groups excluding carboxylic acids is 1. The first-order valence-corrected chi connectivity index (χ1v) is 6.08. The van der Waals surface area contributed by atoms with Crippen molar-refractivity contribution in [3.63, 3.8) is 0 Å². The molecule has 0 heterocycles. The smallest absolute Gasteiger partial charge is 0.246 e. The molecule has 1 unspecified atom stereocenters. The van der Waals surface area contributed by atoms with Crippen LogP contribution in [-0.4, -0.2) is 5.91 Å². The molecule has 1 rings (SSSR count). The third kappa shape index (κ3) is 4.69. The molecule has 0 saturated carbocycles. The van der Waals surface area contributed by atoms with Crippen molar-refractivity contribution in [2.75, 3.05) is 0 Å². The van der Waals surface area contributed by atoms with Gasteiger partial charge in [-0.25, -0.2) is 0 Å².